The Morgan fingerprint density at radius 2 is 2.06 bits per heavy atom. The van der Waals surface area contributed by atoms with Gasteiger partial charge < -0.3 is 25.4 Å². The van der Waals surface area contributed by atoms with Crippen LogP contribution in [0, 0.1) is 0 Å². The molecule has 3 rings (SSSR count). The zero-order chi connectivity index (χ0) is 23.0. The van der Waals surface area contributed by atoms with Crippen molar-refractivity contribution in [3.05, 3.63) is 42.2 Å². The first-order chi connectivity index (χ1) is 15.4. The summed E-state index contributed by atoms with van der Waals surface area (Å²) in [5.41, 5.74) is 5.85. The molecule has 1 aromatic heterocycles. The van der Waals surface area contributed by atoms with Crippen LogP contribution in [0.2, 0.25) is 0 Å². The van der Waals surface area contributed by atoms with Crippen molar-refractivity contribution in [3.8, 4) is 0 Å². The van der Waals surface area contributed by atoms with Gasteiger partial charge in [0.05, 0.1) is 36.3 Å². The number of nitrogens with zero attached hydrogens (tertiary/aromatic N) is 3. The summed E-state index contributed by atoms with van der Waals surface area (Å²) in [6.07, 6.45) is 3.39. The molecule has 11 nitrogen and oxygen atoms in total. The Kier molecular flexibility index (Phi) is 8.09. The van der Waals surface area contributed by atoms with Crippen LogP contribution in [0.4, 0.5) is 11.6 Å². The van der Waals surface area contributed by atoms with Crippen molar-refractivity contribution >= 4 is 33.1 Å². The van der Waals surface area contributed by atoms with E-state index in [1.165, 1.54) is 43.8 Å². The molecule has 1 fully saturated rings. The van der Waals surface area contributed by atoms with Crippen molar-refractivity contribution in [3.63, 3.8) is 0 Å². The minimum absolute atomic E-state index is 0.0395. The molecule has 1 saturated heterocycles. The van der Waals surface area contributed by atoms with Gasteiger partial charge in [0.15, 0.2) is 27.5 Å². The van der Waals surface area contributed by atoms with Crippen LogP contribution in [-0.2, 0) is 28.9 Å². The summed E-state index contributed by atoms with van der Waals surface area (Å²) in [6, 6.07) is 5.87. The van der Waals surface area contributed by atoms with Gasteiger partial charge in [0.2, 0.25) is 0 Å². The molecule has 0 radical (unpaired) electrons. The SMILES string of the molecule is COCCCS(=O)(=O)c1ccc(/C(=N\O[C@@H]2CCOC2)C(=O)Nc2cnc(N)cn2)cc1. The van der Waals surface area contributed by atoms with E-state index in [0.717, 1.165) is 0 Å². The average molecular weight is 464 g/mol. The smallest absolute Gasteiger partial charge is 0.279 e. The number of sulfone groups is 1. The van der Waals surface area contributed by atoms with Crippen LogP contribution in [0.1, 0.15) is 18.4 Å². The van der Waals surface area contributed by atoms with E-state index >= 15 is 0 Å². The topological polar surface area (TPSA) is 155 Å². The van der Waals surface area contributed by atoms with E-state index in [2.05, 4.69) is 20.4 Å². The van der Waals surface area contributed by atoms with Crippen molar-refractivity contribution in [1.29, 1.82) is 0 Å². The number of nitrogen functional groups attached to an aromatic ring is 1. The number of oxime groups is 1. The van der Waals surface area contributed by atoms with Crippen LogP contribution < -0.4 is 11.1 Å². The number of nitrogens with two attached hydrogens (primary N) is 1. The van der Waals surface area contributed by atoms with E-state index in [-0.39, 0.29) is 34.1 Å². The maximum absolute atomic E-state index is 12.9. The lowest BCUT2D eigenvalue weighted by molar-refractivity contribution is -0.110. The predicted molar refractivity (Wildman–Crippen MR) is 117 cm³/mol. The Balaban J connectivity index is 1.81. The van der Waals surface area contributed by atoms with Gasteiger partial charge in [-0.3, -0.25) is 4.79 Å². The summed E-state index contributed by atoms with van der Waals surface area (Å²) in [6.45, 7) is 1.28. The molecule has 1 amide bonds. The van der Waals surface area contributed by atoms with Crippen LogP contribution in [0.15, 0.2) is 46.7 Å². The molecule has 2 aromatic rings. The predicted octanol–water partition coefficient (Wildman–Crippen LogP) is 1.02. The largest absolute Gasteiger partial charge is 0.389 e. The van der Waals surface area contributed by atoms with Gasteiger partial charge in [0.1, 0.15) is 5.82 Å². The molecule has 0 unspecified atom stereocenters. The number of benzene rings is 1. The fourth-order valence-electron chi connectivity index (χ4n) is 2.86. The number of methoxy groups -OCH3 is 1. The quantitative estimate of drug-likeness (QED) is 0.298. The normalized spacial score (nSPS) is 16.7. The van der Waals surface area contributed by atoms with Gasteiger partial charge in [-0.15, -0.1) is 0 Å². The molecule has 1 aromatic carbocycles. The molecule has 1 atom stereocenters. The highest BCUT2D eigenvalue weighted by Crippen LogP contribution is 2.16. The number of carbonyl (C=O) groups excluding carboxylic acids is 1. The summed E-state index contributed by atoms with van der Waals surface area (Å²) in [5, 5.41) is 6.61. The summed E-state index contributed by atoms with van der Waals surface area (Å²) in [4.78, 5) is 26.4. The number of carbonyl (C=O) groups is 1. The Labute approximate surface area is 185 Å². The molecule has 0 spiro atoms. The molecule has 32 heavy (non-hydrogen) atoms. The number of hydrogen-bond acceptors (Lipinski definition) is 10. The molecule has 0 bridgehead atoms. The third kappa shape index (κ3) is 6.45. The first-order valence-electron chi connectivity index (χ1n) is 9.91. The maximum Gasteiger partial charge on any atom is 0.279 e. The second-order valence-electron chi connectivity index (χ2n) is 7.00. The molecule has 172 valence electrons. The van der Waals surface area contributed by atoms with Gasteiger partial charge in [-0.1, -0.05) is 17.3 Å². The average Bonchev–Trinajstić information content (AvgIpc) is 3.30. The summed E-state index contributed by atoms with van der Waals surface area (Å²) in [7, 11) is -1.95. The number of anilines is 2. The zero-order valence-corrected chi connectivity index (χ0v) is 18.4. The fourth-order valence-corrected chi connectivity index (χ4v) is 4.14. The zero-order valence-electron chi connectivity index (χ0n) is 17.6. The Hall–Kier alpha value is -3.09. The van der Waals surface area contributed by atoms with Crippen molar-refractivity contribution < 1.29 is 27.5 Å². The second kappa shape index (κ2) is 11.0. The van der Waals surface area contributed by atoms with E-state index in [0.29, 0.717) is 38.2 Å². The number of amides is 1. The summed E-state index contributed by atoms with van der Waals surface area (Å²) >= 11 is 0. The second-order valence-corrected chi connectivity index (χ2v) is 9.11. The van der Waals surface area contributed by atoms with Crippen LogP contribution in [0.5, 0.6) is 0 Å². The van der Waals surface area contributed by atoms with Crippen molar-refractivity contribution in [2.45, 2.75) is 23.8 Å². The molecular weight excluding hydrogens is 438 g/mol. The third-order valence-electron chi connectivity index (χ3n) is 4.56. The fraction of sp³-hybridized carbons (Fsp3) is 0.400. The van der Waals surface area contributed by atoms with Crippen molar-refractivity contribution in [2.24, 2.45) is 5.16 Å². The standard InChI is InChI=1S/C20H25N5O6S/c1-29-8-2-10-32(27,28)16-5-3-14(4-6-16)19(25-31-15-7-9-30-13-15)20(26)24-18-12-22-17(21)11-23-18/h3-6,11-12,15H,2,7-10,13H2,1H3,(H2,21,22)(H,23,24,26)/b25-19+/t15-/m1/s1. The van der Waals surface area contributed by atoms with Crippen LogP contribution >= 0.6 is 0 Å². The van der Waals surface area contributed by atoms with Gasteiger partial charge in [0, 0.05) is 25.7 Å². The summed E-state index contributed by atoms with van der Waals surface area (Å²) in [5.74, 6) is -0.247. The minimum atomic E-state index is -3.47. The van der Waals surface area contributed by atoms with Gasteiger partial charge >= 0.3 is 0 Å². The number of ether oxygens (including phenoxy) is 2. The highest BCUT2D eigenvalue weighted by molar-refractivity contribution is 7.91. The first-order valence-corrected chi connectivity index (χ1v) is 11.6. The highest BCUT2D eigenvalue weighted by Gasteiger charge is 2.22. The number of hydrogen-bond donors (Lipinski definition) is 2. The highest BCUT2D eigenvalue weighted by atomic mass is 32.2. The van der Waals surface area contributed by atoms with E-state index in [9.17, 15) is 13.2 Å². The van der Waals surface area contributed by atoms with Crippen molar-refractivity contribution in [1.82, 2.24) is 9.97 Å². The number of aromatic nitrogens is 2. The van der Waals surface area contributed by atoms with E-state index in [4.69, 9.17) is 20.0 Å². The number of nitrogens with one attached hydrogen (secondary N) is 1. The Morgan fingerprint density at radius 3 is 2.69 bits per heavy atom. The monoisotopic (exact) mass is 463 g/mol. The van der Waals surface area contributed by atoms with Crippen LogP contribution in [0.25, 0.3) is 0 Å². The lowest BCUT2D eigenvalue weighted by atomic mass is 10.1. The molecule has 3 N–H and O–H groups in total. The van der Waals surface area contributed by atoms with Crippen LogP contribution in [0.3, 0.4) is 0 Å². The Morgan fingerprint density at radius 1 is 1.28 bits per heavy atom. The maximum atomic E-state index is 12.9. The lowest BCUT2D eigenvalue weighted by Gasteiger charge is -2.11. The van der Waals surface area contributed by atoms with Crippen molar-refractivity contribution in [2.75, 3.05) is 43.7 Å². The molecule has 0 saturated carbocycles. The van der Waals surface area contributed by atoms with Gasteiger partial charge in [0.25, 0.3) is 5.91 Å². The first kappa shape index (κ1) is 23.6. The van der Waals surface area contributed by atoms with Gasteiger partial charge in [-0.05, 0) is 18.6 Å². The molecular formula is C20H25N5O6S. The molecule has 2 heterocycles. The number of rotatable bonds is 10. The van der Waals surface area contributed by atoms with E-state index in [1.807, 2.05) is 0 Å². The van der Waals surface area contributed by atoms with Gasteiger partial charge in [-0.25, -0.2) is 18.4 Å². The summed E-state index contributed by atoms with van der Waals surface area (Å²) < 4.78 is 35.1. The molecule has 0 aliphatic carbocycles. The minimum Gasteiger partial charge on any atom is -0.389 e. The van der Waals surface area contributed by atoms with Crippen LogP contribution in [-0.4, -0.2) is 68.8 Å². The molecule has 1 aliphatic rings. The van der Waals surface area contributed by atoms with E-state index < -0.39 is 15.7 Å². The van der Waals surface area contributed by atoms with Gasteiger partial charge in [-0.2, -0.15) is 0 Å². The molecule has 1 aliphatic heterocycles. The molecule has 12 heteroatoms. The Bertz CT molecular complexity index is 1040. The third-order valence-corrected chi connectivity index (χ3v) is 6.37. The van der Waals surface area contributed by atoms with E-state index in [1.54, 1.807) is 0 Å². The lowest BCUT2D eigenvalue weighted by Crippen LogP contribution is -2.26.